The summed E-state index contributed by atoms with van der Waals surface area (Å²) in [6.45, 7) is 18.6. The normalized spacial score (nSPS) is 12.4. The minimum atomic E-state index is -1.56. The van der Waals surface area contributed by atoms with Crippen molar-refractivity contribution in [2.45, 2.75) is 66.1 Å². The zero-order chi connectivity index (χ0) is 55.0. The predicted molar refractivity (Wildman–Crippen MR) is 352 cm³/mol. The summed E-state index contributed by atoms with van der Waals surface area (Å²) in [4.78, 5) is 4.97. The number of rotatable bonds is 11. The molecule has 0 aliphatic rings. The number of fused-ring (bicyclic) bond motifs is 12. The van der Waals surface area contributed by atoms with Gasteiger partial charge in [0.1, 0.15) is 0 Å². The van der Waals surface area contributed by atoms with Crippen LogP contribution in [0.15, 0.2) is 231 Å². The van der Waals surface area contributed by atoms with Gasteiger partial charge < -0.3 is 18.6 Å². The molecule has 0 spiro atoms. The number of para-hydroxylation sites is 2. The maximum absolute atomic E-state index is 2.65. The number of aromatic nitrogens is 2. The van der Waals surface area contributed by atoms with Gasteiger partial charge in [-0.1, -0.05) is 216 Å². The fourth-order valence-corrected chi connectivity index (χ4v) is 14.7. The zero-order valence-corrected chi connectivity index (χ0v) is 48.4. The molecule has 0 aliphatic carbocycles. The molecular weight excluding hydrogens is 997 g/mol. The maximum atomic E-state index is 2.65. The molecule has 15 rings (SSSR count). The second-order valence-corrected chi connectivity index (χ2v) is 29.2. The molecule has 0 aliphatic heterocycles. The van der Waals surface area contributed by atoms with Gasteiger partial charge in [-0.05, 0) is 114 Å². The Labute approximate surface area is 475 Å². The van der Waals surface area contributed by atoms with E-state index >= 15 is 0 Å². The van der Waals surface area contributed by atoms with Crippen molar-refractivity contribution < 1.29 is 0 Å². The number of anilines is 6. The molecule has 0 N–H and O–H groups in total. The average Bonchev–Trinajstić information content (AvgIpc) is 3.29. The lowest BCUT2D eigenvalue weighted by Crippen LogP contribution is -2.37. The summed E-state index contributed by atoms with van der Waals surface area (Å²) in [5.41, 5.74) is 23.0. The molecular formula is C76H64N4Si. The van der Waals surface area contributed by atoms with Crippen LogP contribution in [0, 0.1) is 6.92 Å². The van der Waals surface area contributed by atoms with Crippen molar-refractivity contribution >= 4 is 124 Å². The summed E-state index contributed by atoms with van der Waals surface area (Å²) in [6, 6.07) is 87.5. The van der Waals surface area contributed by atoms with Gasteiger partial charge in [0, 0.05) is 77.0 Å². The Morgan fingerprint density at radius 3 is 1.05 bits per heavy atom. The van der Waals surface area contributed by atoms with Gasteiger partial charge in [-0.25, -0.2) is 0 Å². The van der Waals surface area contributed by atoms with E-state index in [1.165, 1.54) is 126 Å². The second kappa shape index (κ2) is 18.5. The predicted octanol–water partition coefficient (Wildman–Crippen LogP) is 21.4. The van der Waals surface area contributed by atoms with Gasteiger partial charge in [0.25, 0.3) is 0 Å². The zero-order valence-electron chi connectivity index (χ0n) is 47.4. The van der Waals surface area contributed by atoms with Crippen LogP contribution in [-0.2, 0) is 0 Å². The summed E-state index contributed by atoms with van der Waals surface area (Å²) < 4.78 is 5.29. The van der Waals surface area contributed by atoms with Crippen molar-refractivity contribution in [1.29, 1.82) is 0 Å². The average molecular weight is 1060 g/mol. The highest BCUT2D eigenvalue weighted by atomic mass is 28.3. The monoisotopic (exact) mass is 1060 g/mol. The lowest BCUT2D eigenvalue weighted by molar-refractivity contribution is 0.866. The Kier molecular flexibility index (Phi) is 11.1. The highest BCUT2D eigenvalue weighted by molar-refractivity contribution is 6.88. The summed E-state index contributed by atoms with van der Waals surface area (Å²) in [5.74, 6) is 0.866. The van der Waals surface area contributed by atoms with Crippen molar-refractivity contribution in [3.05, 3.63) is 247 Å². The van der Waals surface area contributed by atoms with Crippen molar-refractivity contribution in [2.24, 2.45) is 0 Å². The lowest BCUT2D eigenvalue weighted by atomic mass is 9.89. The number of hydrogen-bond acceptors (Lipinski definition) is 2. The van der Waals surface area contributed by atoms with Crippen LogP contribution < -0.4 is 15.0 Å². The van der Waals surface area contributed by atoms with Gasteiger partial charge in [-0.2, -0.15) is 0 Å². The Bertz CT molecular complexity index is 4870. The summed E-state index contributed by atoms with van der Waals surface area (Å²) >= 11 is 0. The van der Waals surface area contributed by atoms with Gasteiger partial charge >= 0.3 is 0 Å². The van der Waals surface area contributed by atoms with Crippen LogP contribution in [0.3, 0.4) is 0 Å². The minimum Gasteiger partial charge on any atom is -0.310 e. The second-order valence-electron chi connectivity index (χ2n) is 24.1. The van der Waals surface area contributed by atoms with Crippen LogP contribution in [0.1, 0.15) is 56.2 Å². The standard InChI is InChI=1S/C76H64N4Si/c1-47(2)50-33-39-55(40-34-50)77(54-37-31-49(5)32-38-54)63-27-17-29-65-69(63)59-23-15-25-61-71-68(53-21-13-10-14-22-53)76-72(67(52-19-11-9-12-20-52)75(71)79(65)73(59)61)62-26-16-24-60-70-64(28-18-30-66(70)80(76)74(60)62)78(56-41-35-51(36-42-56)48(3)4)57-43-45-58(46-44-57)81(6,7)8/h9-48H,1-8H3. The van der Waals surface area contributed by atoms with Gasteiger partial charge in [0.2, 0.25) is 0 Å². The van der Waals surface area contributed by atoms with Gasteiger partial charge in [-0.15, -0.1) is 0 Å². The third kappa shape index (κ3) is 7.41. The largest absolute Gasteiger partial charge is 0.310 e. The van der Waals surface area contributed by atoms with Crippen LogP contribution in [0.25, 0.3) is 98.4 Å². The summed E-state index contributed by atoms with van der Waals surface area (Å²) in [7, 11) is -1.56. The topological polar surface area (TPSA) is 15.3 Å². The van der Waals surface area contributed by atoms with Crippen molar-refractivity contribution in [3.8, 4) is 22.3 Å². The molecule has 4 aromatic heterocycles. The molecule has 15 aromatic rings. The van der Waals surface area contributed by atoms with Crippen LogP contribution in [0.5, 0.6) is 0 Å². The molecule has 0 bridgehead atoms. The molecule has 11 aromatic carbocycles. The van der Waals surface area contributed by atoms with E-state index in [9.17, 15) is 0 Å². The maximum Gasteiger partial charge on any atom is 0.0775 e. The van der Waals surface area contributed by atoms with E-state index in [-0.39, 0.29) is 0 Å². The van der Waals surface area contributed by atoms with Crippen molar-refractivity contribution in [2.75, 3.05) is 9.80 Å². The number of aryl methyl sites for hydroxylation is 1. The molecule has 4 nitrogen and oxygen atoms in total. The van der Waals surface area contributed by atoms with E-state index in [1.807, 2.05) is 0 Å². The van der Waals surface area contributed by atoms with E-state index in [0.717, 1.165) is 28.4 Å². The fraction of sp³-hybridized carbons (Fsp3) is 0.132. The Morgan fingerprint density at radius 1 is 0.333 bits per heavy atom. The number of benzene rings is 11. The molecule has 392 valence electrons. The van der Waals surface area contributed by atoms with Crippen molar-refractivity contribution in [3.63, 3.8) is 0 Å². The summed E-state index contributed by atoms with van der Waals surface area (Å²) in [6.07, 6.45) is 0. The molecule has 0 unspecified atom stereocenters. The molecule has 0 saturated carbocycles. The van der Waals surface area contributed by atoms with Gasteiger partial charge in [-0.3, -0.25) is 0 Å². The lowest BCUT2D eigenvalue weighted by Gasteiger charge is -2.28. The van der Waals surface area contributed by atoms with Crippen LogP contribution >= 0.6 is 0 Å². The van der Waals surface area contributed by atoms with Crippen molar-refractivity contribution in [1.82, 2.24) is 8.80 Å². The fourth-order valence-electron chi connectivity index (χ4n) is 13.6. The minimum absolute atomic E-state index is 0.432. The summed E-state index contributed by atoms with van der Waals surface area (Å²) in [5, 5.41) is 11.4. The van der Waals surface area contributed by atoms with E-state index in [2.05, 4.69) is 303 Å². The van der Waals surface area contributed by atoms with Gasteiger partial charge in [0.05, 0.1) is 52.5 Å². The van der Waals surface area contributed by atoms with Crippen LogP contribution in [0.2, 0.25) is 19.6 Å². The number of hydrogen-bond donors (Lipinski definition) is 0. The highest BCUT2D eigenvalue weighted by Gasteiger charge is 2.33. The van der Waals surface area contributed by atoms with E-state index < -0.39 is 8.07 Å². The molecule has 0 fully saturated rings. The molecule has 4 heterocycles. The smallest absolute Gasteiger partial charge is 0.0775 e. The first kappa shape index (κ1) is 48.9. The van der Waals surface area contributed by atoms with Crippen LogP contribution in [0.4, 0.5) is 34.1 Å². The van der Waals surface area contributed by atoms with E-state index in [4.69, 9.17) is 0 Å². The number of nitrogens with zero attached hydrogens (tertiary/aromatic N) is 4. The first-order chi connectivity index (χ1) is 39.4. The Balaban J connectivity index is 1.09. The molecule has 0 saturated heterocycles. The Hall–Kier alpha value is -9.16. The third-order valence-electron chi connectivity index (χ3n) is 17.5. The third-order valence-corrected chi connectivity index (χ3v) is 19.6. The molecule has 81 heavy (non-hydrogen) atoms. The van der Waals surface area contributed by atoms with E-state index in [1.54, 1.807) is 0 Å². The first-order valence-corrected chi connectivity index (χ1v) is 32.4. The SMILES string of the molecule is Cc1ccc(N(c2ccc(C(C)C)cc2)c2cccc3c2c2cccc4c5c(-c6ccccc6)c6c(c(-c7ccccc7)c5n3c24)c2cccc3c4c(N(c5ccc(C(C)C)cc5)c5ccc([Si](C)(C)C)cc5)cccc4n6c32)cc1. The Morgan fingerprint density at radius 2 is 0.679 bits per heavy atom. The quantitative estimate of drug-likeness (QED) is 0.120. The first-order valence-electron chi connectivity index (χ1n) is 28.9. The molecule has 0 atom stereocenters. The highest BCUT2D eigenvalue weighted by Crippen LogP contribution is 2.56. The molecule has 5 heteroatoms. The molecule has 0 amide bonds. The van der Waals surface area contributed by atoms with Crippen LogP contribution in [-0.4, -0.2) is 16.9 Å². The molecule has 0 radical (unpaired) electrons. The van der Waals surface area contributed by atoms with E-state index in [0.29, 0.717) is 11.8 Å². The van der Waals surface area contributed by atoms with Gasteiger partial charge in [0.15, 0.2) is 0 Å².